The molecule has 7 heteroatoms. The minimum Gasteiger partial charge on any atom is -0.492 e. The van der Waals surface area contributed by atoms with Crippen molar-refractivity contribution in [2.45, 2.75) is 46.6 Å². The first-order valence-corrected chi connectivity index (χ1v) is 12.3. The Kier molecular flexibility index (Phi) is 7.60. The summed E-state index contributed by atoms with van der Waals surface area (Å²) in [5, 5.41) is 4.66. The van der Waals surface area contributed by atoms with Crippen molar-refractivity contribution in [2.24, 2.45) is 11.8 Å². The number of pyridine rings is 1. The molecule has 3 heterocycles. The van der Waals surface area contributed by atoms with Crippen LogP contribution in [0.4, 0.5) is 10.5 Å². The first-order valence-electron chi connectivity index (χ1n) is 12.3. The van der Waals surface area contributed by atoms with Crippen molar-refractivity contribution in [2.75, 3.05) is 31.6 Å². The summed E-state index contributed by atoms with van der Waals surface area (Å²) in [4.78, 5) is 18.5. The minimum absolute atomic E-state index is 0.0854. The molecule has 1 amide bonds. The van der Waals surface area contributed by atoms with Crippen LogP contribution in [0.15, 0.2) is 48.8 Å². The Balaban J connectivity index is 1.31. The molecule has 0 radical (unpaired) electrons. The highest BCUT2D eigenvalue weighted by molar-refractivity contribution is 5.85. The lowest BCUT2D eigenvalue weighted by Gasteiger charge is -2.31. The van der Waals surface area contributed by atoms with E-state index in [-0.39, 0.29) is 12.2 Å². The van der Waals surface area contributed by atoms with E-state index in [4.69, 9.17) is 9.47 Å². The van der Waals surface area contributed by atoms with Crippen molar-refractivity contribution in [3.63, 3.8) is 0 Å². The second kappa shape index (κ2) is 10.8. The van der Waals surface area contributed by atoms with Crippen molar-refractivity contribution >= 4 is 22.7 Å². The highest BCUT2D eigenvalue weighted by Gasteiger charge is 2.24. The minimum atomic E-state index is -0.213. The maximum Gasteiger partial charge on any atom is 0.410 e. The monoisotopic (exact) mass is 464 g/mol. The van der Waals surface area contributed by atoms with E-state index in [0.29, 0.717) is 31.5 Å². The summed E-state index contributed by atoms with van der Waals surface area (Å²) in [6, 6.07) is 12.5. The lowest BCUT2D eigenvalue weighted by molar-refractivity contribution is 0.0608. The van der Waals surface area contributed by atoms with Gasteiger partial charge in [0.1, 0.15) is 11.6 Å². The Morgan fingerprint density at radius 1 is 1.12 bits per heavy atom. The van der Waals surface area contributed by atoms with Crippen LogP contribution in [0, 0.1) is 11.8 Å². The van der Waals surface area contributed by atoms with Gasteiger partial charge in [-0.1, -0.05) is 13.8 Å². The van der Waals surface area contributed by atoms with Gasteiger partial charge in [-0.05, 0) is 74.9 Å². The van der Waals surface area contributed by atoms with Gasteiger partial charge in [0.25, 0.3) is 0 Å². The van der Waals surface area contributed by atoms with Crippen molar-refractivity contribution in [3.05, 3.63) is 48.8 Å². The van der Waals surface area contributed by atoms with Gasteiger partial charge in [0, 0.05) is 36.9 Å². The van der Waals surface area contributed by atoms with Gasteiger partial charge >= 0.3 is 6.09 Å². The Bertz CT molecular complexity index is 1080. The van der Waals surface area contributed by atoms with E-state index in [2.05, 4.69) is 59.2 Å². The van der Waals surface area contributed by atoms with Gasteiger partial charge in [-0.15, -0.1) is 0 Å². The third-order valence-corrected chi connectivity index (χ3v) is 6.07. The van der Waals surface area contributed by atoms with Gasteiger partial charge in [0.05, 0.1) is 24.4 Å². The molecular weight excluding hydrogens is 428 g/mol. The fourth-order valence-corrected chi connectivity index (χ4v) is 4.15. The smallest absolute Gasteiger partial charge is 0.410 e. The van der Waals surface area contributed by atoms with Crippen LogP contribution in [0.5, 0.6) is 5.75 Å². The lowest BCUT2D eigenvalue weighted by atomic mass is 9.98. The second-order valence-electron chi connectivity index (χ2n) is 9.76. The van der Waals surface area contributed by atoms with Crippen LogP contribution in [0.1, 0.15) is 40.5 Å². The lowest BCUT2D eigenvalue weighted by Crippen LogP contribution is -2.40. The SMILES string of the molecule is CC(C)CNc1ccc2c(ccn2-c2ccc(OCC3CCN(C(=O)OC(C)C)CC3)cn2)c1. The summed E-state index contributed by atoms with van der Waals surface area (Å²) in [6.45, 7) is 11.2. The van der Waals surface area contributed by atoms with Crippen molar-refractivity contribution in [1.82, 2.24) is 14.5 Å². The zero-order valence-corrected chi connectivity index (χ0v) is 20.7. The highest BCUT2D eigenvalue weighted by Crippen LogP contribution is 2.25. The molecule has 0 aliphatic carbocycles. The van der Waals surface area contributed by atoms with Crippen molar-refractivity contribution in [3.8, 4) is 11.6 Å². The number of benzene rings is 1. The van der Waals surface area contributed by atoms with Crippen LogP contribution in [-0.4, -0.2) is 52.9 Å². The molecule has 1 aliphatic rings. The van der Waals surface area contributed by atoms with Crippen molar-refractivity contribution < 1.29 is 14.3 Å². The summed E-state index contributed by atoms with van der Waals surface area (Å²) >= 11 is 0. The number of fused-ring (bicyclic) bond motifs is 1. The quantitative estimate of drug-likeness (QED) is 0.461. The highest BCUT2D eigenvalue weighted by atomic mass is 16.6. The number of hydrogen-bond donors (Lipinski definition) is 1. The van der Waals surface area contributed by atoms with Gasteiger partial charge in [-0.25, -0.2) is 9.78 Å². The summed E-state index contributed by atoms with van der Waals surface area (Å²) in [5.41, 5.74) is 2.26. The summed E-state index contributed by atoms with van der Waals surface area (Å²) in [5.74, 6) is 2.66. The summed E-state index contributed by atoms with van der Waals surface area (Å²) in [6.07, 6.45) is 5.38. The number of rotatable bonds is 8. The molecule has 0 unspecified atom stereocenters. The number of amides is 1. The largest absolute Gasteiger partial charge is 0.492 e. The fraction of sp³-hybridized carbons (Fsp3) is 0.481. The molecule has 2 aromatic heterocycles. The van der Waals surface area contributed by atoms with E-state index < -0.39 is 0 Å². The zero-order valence-electron chi connectivity index (χ0n) is 20.7. The van der Waals surface area contributed by atoms with E-state index in [1.54, 1.807) is 11.1 Å². The van der Waals surface area contributed by atoms with Gasteiger partial charge in [0.2, 0.25) is 0 Å². The molecule has 1 fully saturated rings. The van der Waals surface area contributed by atoms with Gasteiger partial charge in [-0.3, -0.25) is 0 Å². The molecule has 1 aliphatic heterocycles. The number of ether oxygens (including phenoxy) is 2. The summed E-state index contributed by atoms with van der Waals surface area (Å²) in [7, 11) is 0. The maximum atomic E-state index is 12.0. The van der Waals surface area contributed by atoms with Crippen LogP contribution < -0.4 is 10.1 Å². The van der Waals surface area contributed by atoms with Crippen LogP contribution in [0.3, 0.4) is 0 Å². The molecule has 0 atom stereocenters. The number of carbonyl (C=O) groups excluding carboxylic acids is 1. The molecule has 182 valence electrons. The molecular formula is C27H36N4O3. The number of aromatic nitrogens is 2. The van der Waals surface area contributed by atoms with E-state index in [1.165, 1.54) is 5.39 Å². The second-order valence-corrected chi connectivity index (χ2v) is 9.76. The number of anilines is 1. The van der Waals surface area contributed by atoms with E-state index in [1.807, 2.05) is 26.0 Å². The third kappa shape index (κ3) is 6.01. The molecule has 0 bridgehead atoms. The molecule has 3 aromatic rings. The predicted molar refractivity (Wildman–Crippen MR) is 136 cm³/mol. The fourth-order valence-electron chi connectivity index (χ4n) is 4.15. The molecule has 1 saturated heterocycles. The van der Waals surface area contributed by atoms with Crippen molar-refractivity contribution in [1.29, 1.82) is 0 Å². The van der Waals surface area contributed by atoms with Gasteiger partial charge < -0.3 is 24.3 Å². The predicted octanol–water partition coefficient (Wildman–Crippen LogP) is 5.73. The molecule has 0 saturated carbocycles. The molecule has 1 N–H and O–H groups in total. The molecule has 1 aromatic carbocycles. The van der Waals surface area contributed by atoms with E-state index >= 15 is 0 Å². The van der Waals surface area contributed by atoms with Crippen LogP contribution >= 0.6 is 0 Å². The van der Waals surface area contributed by atoms with Gasteiger partial charge in [0.15, 0.2) is 0 Å². The first-order chi connectivity index (χ1) is 16.4. The van der Waals surface area contributed by atoms with Gasteiger partial charge in [-0.2, -0.15) is 0 Å². The summed E-state index contributed by atoms with van der Waals surface area (Å²) < 4.78 is 13.4. The Morgan fingerprint density at radius 3 is 2.59 bits per heavy atom. The normalized spacial score (nSPS) is 14.7. The number of likely N-dealkylation sites (tertiary alicyclic amines) is 1. The number of piperidine rings is 1. The average Bonchev–Trinajstić information content (AvgIpc) is 3.25. The van der Waals surface area contributed by atoms with Crippen LogP contribution in [-0.2, 0) is 4.74 Å². The topological polar surface area (TPSA) is 68.6 Å². The molecule has 4 rings (SSSR count). The Labute approximate surface area is 202 Å². The van der Waals surface area contributed by atoms with E-state index in [9.17, 15) is 4.79 Å². The maximum absolute atomic E-state index is 12.0. The van der Waals surface area contributed by atoms with Crippen LogP contribution in [0.2, 0.25) is 0 Å². The standard InChI is InChI=1S/C27H36N4O3/c1-19(2)16-28-23-5-7-25-22(15-23)11-14-31(25)26-8-6-24(17-29-26)33-18-21-9-12-30(13-10-21)27(32)34-20(3)4/h5-8,11,14-15,17,19-21,28H,9-10,12-13,16,18H2,1-4H3. The molecule has 34 heavy (non-hydrogen) atoms. The molecule has 0 spiro atoms. The Hall–Kier alpha value is -3.22. The molecule has 7 nitrogen and oxygen atoms in total. The van der Waals surface area contributed by atoms with E-state index in [0.717, 1.165) is 42.2 Å². The number of hydrogen-bond acceptors (Lipinski definition) is 5. The van der Waals surface area contributed by atoms with Crippen LogP contribution in [0.25, 0.3) is 16.7 Å². The number of carbonyl (C=O) groups is 1. The Morgan fingerprint density at radius 2 is 1.91 bits per heavy atom. The number of nitrogens with zero attached hydrogens (tertiary/aromatic N) is 3. The first kappa shape index (κ1) is 23.9. The number of nitrogens with one attached hydrogen (secondary N) is 1. The average molecular weight is 465 g/mol. The zero-order chi connectivity index (χ0) is 24.1. The third-order valence-electron chi connectivity index (χ3n) is 6.07.